The molecule has 2 aromatic rings. The van der Waals surface area contributed by atoms with Gasteiger partial charge in [0.05, 0.1) is 6.54 Å². The Kier molecular flexibility index (Phi) is 7.01. The van der Waals surface area contributed by atoms with Crippen LogP contribution in [0.5, 0.6) is 0 Å². The number of carbonyl (C=O) groups excluding carboxylic acids is 2. The van der Waals surface area contributed by atoms with Gasteiger partial charge >= 0.3 is 0 Å². The molecule has 5 heteroatoms. The van der Waals surface area contributed by atoms with E-state index in [0.717, 1.165) is 12.1 Å². The van der Waals surface area contributed by atoms with Gasteiger partial charge in [-0.3, -0.25) is 9.59 Å². The minimum atomic E-state index is -0.119. The molecule has 0 aromatic heterocycles. The van der Waals surface area contributed by atoms with Crippen molar-refractivity contribution >= 4 is 17.5 Å². The quantitative estimate of drug-likeness (QED) is 0.692. The fourth-order valence-corrected chi connectivity index (χ4v) is 2.35. The Morgan fingerprint density at radius 2 is 1.76 bits per heavy atom. The number of amides is 2. The third kappa shape index (κ3) is 6.67. The molecule has 2 aromatic carbocycles. The highest BCUT2D eigenvalue weighted by molar-refractivity contribution is 5.95. The van der Waals surface area contributed by atoms with Crippen LogP contribution in [0.1, 0.15) is 29.8 Å². The number of carbonyl (C=O) groups is 2. The van der Waals surface area contributed by atoms with Gasteiger partial charge in [0.2, 0.25) is 5.91 Å². The Balaban J connectivity index is 1.76. The zero-order valence-corrected chi connectivity index (χ0v) is 14.7. The summed E-state index contributed by atoms with van der Waals surface area (Å²) in [6.45, 7) is 4.60. The average Bonchev–Trinajstić information content (AvgIpc) is 2.60. The molecule has 0 saturated heterocycles. The van der Waals surface area contributed by atoms with Crippen molar-refractivity contribution in [2.45, 2.75) is 26.3 Å². The van der Waals surface area contributed by atoms with Crippen LogP contribution in [-0.2, 0) is 11.2 Å². The smallest absolute Gasteiger partial charge is 0.251 e. The van der Waals surface area contributed by atoms with Gasteiger partial charge in [-0.25, -0.2) is 0 Å². The predicted molar refractivity (Wildman–Crippen MR) is 101 cm³/mol. The molecule has 0 aliphatic carbocycles. The zero-order valence-electron chi connectivity index (χ0n) is 14.7. The number of benzene rings is 2. The second-order valence-electron chi connectivity index (χ2n) is 6.15. The molecule has 2 rings (SSSR count). The van der Waals surface area contributed by atoms with E-state index in [-0.39, 0.29) is 24.4 Å². The second kappa shape index (κ2) is 9.47. The summed E-state index contributed by atoms with van der Waals surface area (Å²) >= 11 is 0. The van der Waals surface area contributed by atoms with E-state index >= 15 is 0 Å². The second-order valence-corrected chi connectivity index (χ2v) is 6.15. The Labute approximate surface area is 148 Å². The van der Waals surface area contributed by atoms with E-state index in [4.69, 9.17) is 0 Å². The topological polar surface area (TPSA) is 70.2 Å². The number of hydrogen-bond donors (Lipinski definition) is 3. The monoisotopic (exact) mass is 339 g/mol. The van der Waals surface area contributed by atoms with Gasteiger partial charge < -0.3 is 16.0 Å². The standard InChI is InChI=1S/C20H25N3O2/c1-15(2)23-20(25)17-9-6-10-18(13-17)22-14-19(24)21-12-11-16-7-4-3-5-8-16/h3-10,13,15,22H,11-12,14H2,1-2H3,(H,21,24)(H,23,25). The summed E-state index contributed by atoms with van der Waals surface area (Å²) in [5, 5.41) is 8.78. The molecule has 0 bridgehead atoms. The van der Waals surface area contributed by atoms with Crippen molar-refractivity contribution in [1.29, 1.82) is 0 Å². The SMILES string of the molecule is CC(C)NC(=O)c1cccc(NCC(=O)NCCc2ccccc2)c1. The Bertz CT molecular complexity index is 699. The van der Waals surface area contributed by atoms with Crippen LogP contribution >= 0.6 is 0 Å². The molecule has 0 radical (unpaired) electrons. The van der Waals surface area contributed by atoms with Crippen molar-refractivity contribution in [2.75, 3.05) is 18.4 Å². The molecule has 2 amide bonds. The molecular weight excluding hydrogens is 314 g/mol. The molecule has 0 heterocycles. The molecule has 5 nitrogen and oxygen atoms in total. The summed E-state index contributed by atoms with van der Waals surface area (Å²) in [5.74, 6) is -0.195. The highest BCUT2D eigenvalue weighted by Gasteiger charge is 2.08. The van der Waals surface area contributed by atoms with E-state index in [1.165, 1.54) is 5.56 Å². The van der Waals surface area contributed by atoms with Gasteiger partial charge in [-0.1, -0.05) is 36.4 Å². The summed E-state index contributed by atoms with van der Waals surface area (Å²) in [6.07, 6.45) is 0.803. The summed E-state index contributed by atoms with van der Waals surface area (Å²) < 4.78 is 0. The molecule has 0 unspecified atom stereocenters. The van der Waals surface area contributed by atoms with Crippen LogP contribution in [0.25, 0.3) is 0 Å². The summed E-state index contributed by atoms with van der Waals surface area (Å²) in [5.41, 5.74) is 2.51. The van der Waals surface area contributed by atoms with Crippen molar-refractivity contribution < 1.29 is 9.59 Å². The van der Waals surface area contributed by atoms with Crippen molar-refractivity contribution in [3.8, 4) is 0 Å². The lowest BCUT2D eigenvalue weighted by Gasteiger charge is -2.11. The first-order valence-corrected chi connectivity index (χ1v) is 8.50. The molecule has 3 N–H and O–H groups in total. The fourth-order valence-electron chi connectivity index (χ4n) is 2.35. The van der Waals surface area contributed by atoms with Gasteiger partial charge in [0.1, 0.15) is 0 Å². The lowest BCUT2D eigenvalue weighted by atomic mass is 10.1. The van der Waals surface area contributed by atoms with Crippen LogP contribution in [-0.4, -0.2) is 30.9 Å². The number of nitrogens with one attached hydrogen (secondary N) is 3. The largest absolute Gasteiger partial charge is 0.376 e. The lowest BCUT2D eigenvalue weighted by Crippen LogP contribution is -2.31. The summed E-state index contributed by atoms with van der Waals surface area (Å²) in [4.78, 5) is 23.9. The molecular formula is C20H25N3O2. The highest BCUT2D eigenvalue weighted by Crippen LogP contribution is 2.10. The molecule has 0 atom stereocenters. The van der Waals surface area contributed by atoms with E-state index < -0.39 is 0 Å². The van der Waals surface area contributed by atoms with Crippen molar-refractivity contribution in [2.24, 2.45) is 0 Å². The van der Waals surface area contributed by atoms with E-state index in [1.807, 2.05) is 50.2 Å². The Hall–Kier alpha value is -2.82. The number of hydrogen-bond acceptors (Lipinski definition) is 3. The highest BCUT2D eigenvalue weighted by atomic mass is 16.2. The average molecular weight is 339 g/mol. The van der Waals surface area contributed by atoms with Crippen molar-refractivity contribution in [3.63, 3.8) is 0 Å². The molecule has 0 aliphatic rings. The van der Waals surface area contributed by atoms with E-state index in [9.17, 15) is 9.59 Å². The van der Waals surface area contributed by atoms with Crippen LogP contribution < -0.4 is 16.0 Å². The fraction of sp³-hybridized carbons (Fsp3) is 0.300. The zero-order chi connectivity index (χ0) is 18.1. The lowest BCUT2D eigenvalue weighted by molar-refractivity contribution is -0.119. The van der Waals surface area contributed by atoms with Gasteiger partial charge in [-0.05, 0) is 44.0 Å². The Morgan fingerprint density at radius 1 is 1.00 bits per heavy atom. The van der Waals surface area contributed by atoms with Crippen molar-refractivity contribution in [1.82, 2.24) is 10.6 Å². The van der Waals surface area contributed by atoms with Gasteiger partial charge in [0, 0.05) is 23.8 Å². The normalized spacial score (nSPS) is 10.4. The van der Waals surface area contributed by atoms with Crippen LogP contribution in [0, 0.1) is 0 Å². The molecule has 0 spiro atoms. The maximum atomic E-state index is 12.0. The van der Waals surface area contributed by atoms with Gasteiger partial charge in [-0.15, -0.1) is 0 Å². The summed E-state index contributed by atoms with van der Waals surface area (Å²) in [6, 6.07) is 17.2. The molecule has 0 aliphatic heterocycles. The molecule has 0 saturated carbocycles. The first-order chi connectivity index (χ1) is 12.0. The van der Waals surface area contributed by atoms with Crippen LogP contribution in [0.15, 0.2) is 54.6 Å². The van der Waals surface area contributed by atoms with Crippen LogP contribution in [0.3, 0.4) is 0 Å². The van der Waals surface area contributed by atoms with Gasteiger partial charge in [-0.2, -0.15) is 0 Å². The first-order valence-electron chi connectivity index (χ1n) is 8.50. The third-order valence-electron chi connectivity index (χ3n) is 3.58. The number of anilines is 1. The van der Waals surface area contributed by atoms with Crippen molar-refractivity contribution in [3.05, 3.63) is 65.7 Å². The maximum absolute atomic E-state index is 12.0. The van der Waals surface area contributed by atoms with Gasteiger partial charge in [0.25, 0.3) is 5.91 Å². The minimum Gasteiger partial charge on any atom is -0.376 e. The first kappa shape index (κ1) is 18.5. The van der Waals surface area contributed by atoms with Crippen LogP contribution in [0.2, 0.25) is 0 Å². The molecule has 0 fully saturated rings. The molecule has 132 valence electrons. The third-order valence-corrected chi connectivity index (χ3v) is 3.58. The molecule has 25 heavy (non-hydrogen) atoms. The minimum absolute atomic E-state index is 0.0760. The van der Waals surface area contributed by atoms with E-state index in [1.54, 1.807) is 18.2 Å². The van der Waals surface area contributed by atoms with E-state index in [0.29, 0.717) is 12.1 Å². The Morgan fingerprint density at radius 3 is 2.48 bits per heavy atom. The van der Waals surface area contributed by atoms with Crippen LogP contribution in [0.4, 0.5) is 5.69 Å². The maximum Gasteiger partial charge on any atom is 0.251 e. The van der Waals surface area contributed by atoms with E-state index in [2.05, 4.69) is 16.0 Å². The number of rotatable bonds is 8. The predicted octanol–water partition coefficient (Wildman–Crippen LogP) is 2.60. The summed E-state index contributed by atoms with van der Waals surface area (Å²) in [7, 11) is 0. The van der Waals surface area contributed by atoms with Gasteiger partial charge in [0.15, 0.2) is 0 Å².